The molecular weight excluding hydrogens is 314 g/mol. The molecule has 0 saturated heterocycles. The van der Waals surface area contributed by atoms with E-state index in [1.165, 1.54) is 24.0 Å². The van der Waals surface area contributed by atoms with E-state index in [0.29, 0.717) is 37.1 Å². The average molecular weight is 333 g/mol. The molecule has 24 heavy (non-hydrogen) atoms. The average Bonchev–Trinajstić information content (AvgIpc) is 2.51. The van der Waals surface area contributed by atoms with Gasteiger partial charge in [-0.2, -0.15) is 0 Å². The Labute approximate surface area is 138 Å². The lowest BCUT2D eigenvalue weighted by molar-refractivity contribution is -0.384. The first-order chi connectivity index (χ1) is 11.3. The highest BCUT2D eigenvalue weighted by atomic mass is 16.6. The zero-order valence-electron chi connectivity index (χ0n) is 13.3. The number of aliphatic hydroxyl groups excluding tert-OH is 1. The fourth-order valence-corrected chi connectivity index (χ4v) is 2.70. The first-order valence-electron chi connectivity index (χ1n) is 7.57. The molecule has 1 aromatic carbocycles. The molecule has 3 N–H and O–H groups in total. The zero-order valence-corrected chi connectivity index (χ0v) is 13.3. The minimum Gasteiger partial charge on any atom is -0.494 e. The van der Waals surface area contributed by atoms with E-state index in [2.05, 4.69) is 0 Å². The van der Waals surface area contributed by atoms with Crippen LogP contribution in [0.5, 0.6) is 0 Å². The monoisotopic (exact) mass is 333 g/mol. The van der Waals surface area contributed by atoms with Crippen molar-refractivity contribution in [2.45, 2.75) is 32.6 Å². The van der Waals surface area contributed by atoms with Crippen molar-refractivity contribution in [2.75, 3.05) is 11.4 Å². The topological polar surface area (TPSA) is 127 Å². The summed E-state index contributed by atoms with van der Waals surface area (Å²) in [5, 5.41) is 21.3. The number of nitrogens with two attached hydrogens (primary N) is 1. The standard InChI is InChI=1S/C16H19N3O5/c1-10(20)4-2-3-7-18-14-6-5-12(19(23)24)8-11(14)9-13(15(17)21)16(18)22/h5-6,8,22H,2-4,7,9H2,1H3,(H2,17,21). The summed E-state index contributed by atoms with van der Waals surface area (Å²) < 4.78 is 0. The predicted molar refractivity (Wildman–Crippen MR) is 87.5 cm³/mol. The molecule has 1 aliphatic heterocycles. The molecule has 2 rings (SSSR count). The Morgan fingerprint density at radius 3 is 2.67 bits per heavy atom. The number of unbranched alkanes of at least 4 members (excludes halogenated alkanes) is 1. The van der Waals surface area contributed by atoms with Crippen molar-refractivity contribution < 1.29 is 19.6 Å². The number of nitro groups is 1. The quantitative estimate of drug-likeness (QED) is 0.446. The summed E-state index contributed by atoms with van der Waals surface area (Å²) in [6, 6.07) is 4.28. The Balaban J connectivity index is 2.31. The molecule has 0 aliphatic carbocycles. The lowest BCUT2D eigenvalue weighted by Crippen LogP contribution is -2.33. The van der Waals surface area contributed by atoms with Crippen LogP contribution in [0.15, 0.2) is 29.7 Å². The van der Waals surface area contributed by atoms with Crippen molar-refractivity contribution >= 4 is 23.1 Å². The number of nitro benzene ring substituents is 1. The number of anilines is 1. The van der Waals surface area contributed by atoms with Gasteiger partial charge in [-0.3, -0.25) is 14.9 Å². The molecule has 0 saturated carbocycles. The van der Waals surface area contributed by atoms with E-state index in [1.807, 2.05) is 0 Å². The number of hydrogen-bond donors (Lipinski definition) is 2. The maximum Gasteiger partial charge on any atom is 0.269 e. The van der Waals surface area contributed by atoms with E-state index in [-0.39, 0.29) is 29.3 Å². The Bertz CT molecular complexity index is 726. The Kier molecular flexibility index (Phi) is 5.18. The van der Waals surface area contributed by atoms with Gasteiger partial charge in [-0.1, -0.05) is 0 Å². The second-order valence-electron chi connectivity index (χ2n) is 5.72. The van der Waals surface area contributed by atoms with Crippen molar-refractivity contribution in [3.8, 4) is 0 Å². The summed E-state index contributed by atoms with van der Waals surface area (Å²) in [5.74, 6) is -0.910. The first-order valence-corrected chi connectivity index (χ1v) is 7.57. The van der Waals surface area contributed by atoms with Gasteiger partial charge in [-0.15, -0.1) is 0 Å². The largest absolute Gasteiger partial charge is 0.494 e. The third-order valence-electron chi connectivity index (χ3n) is 3.92. The highest BCUT2D eigenvalue weighted by Gasteiger charge is 2.28. The molecule has 1 aromatic rings. The highest BCUT2D eigenvalue weighted by molar-refractivity contribution is 5.95. The Morgan fingerprint density at radius 2 is 2.08 bits per heavy atom. The molecule has 0 spiro atoms. The fraction of sp³-hybridized carbons (Fsp3) is 0.375. The smallest absolute Gasteiger partial charge is 0.269 e. The lowest BCUT2D eigenvalue weighted by atomic mass is 9.97. The van der Waals surface area contributed by atoms with Crippen molar-refractivity contribution in [3.05, 3.63) is 45.3 Å². The van der Waals surface area contributed by atoms with E-state index in [4.69, 9.17) is 5.73 Å². The molecule has 0 fully saturated rings. The summed E-state index contributed by atoms with van der Waals surface area (Å²) in [6.45, 7) is 1.89. The molecule has 0 aromatic heterocycles. The molecule has 0 atom stereocenters. The minimum atomic E-state index is -0.765. The van der Waals surface area contributed by atoms with Crippen molar-refractivity contribution in [1.82, 2.24) is 0 Å². The molecule has 1 amide bonds. The third kappa shape index (κ3) is 3.70. The van der Waals surface area contributed by atoms with Crippen molar-refractivity contribution in [1.29, 1.82) is 0 Å². The number of hydrogen-bond acceptors (Lipinski definition) is 6. The molecule has 1 heterocycles. The van der Waals surface area contributed by atoms with Gasteiger partial charge >= 0.3 is 0 Å². The van der Waals surface area contributed by atoms with E-state index in [0.717, 1.165) is 0 Å². The van der Waals surface area contributed by atoms with Crippen LogP contribution >= 0.6 is 0 Å². The third-order valence-corrected chi connectivity index (χ3v) is 3.92. The second-order valence-corrected chi connectivity index (χ2v) is 5.72. The van der Waals surface area contributed by atoms with Crippen LogP contribution in [-0.4, -0.2) is 28.3 Å². The van der Waals surface area contributed by atoms with Crippen LogP contribution in [0.3, 0.4) is 0 Å². The number of amides is 1. The molecule has 1 aliphatic rings. The van der Waals surface area contributed by atoms with Gasteiger partial charge in [0.1, 0.15) is 5.78 Å². The number of nitrogens with zero attached hydrogens (tertiary/aromatic N) is 2. The normalized spacial score (nSPS) is 13.6. The maximum atomic E-state index is 11.6. The van der Waals surface area contributed by atoms with Crippen LogP contribution in [0.1, 0.15) is 31.7 Å². The van der Waals surface area contributed by atoms with Gasteiger partial charge < -0.3 is 20.5 Å². The minimum absolute atomic E-state index is 0.0227. The van der Waals surface area contributed by atoms with Gasteiger partial charge in [-0.05, 0) is 31.4 Å². The molecular formula is C16H19N3O5. The van der Waals surface area contributed by atoms with Gasteiger partial charge in [0.25, 0.3) is 5.69 Å². The van der Waals surface area contributed by atoms with Gasteiger partial charge in [0.2, 0.25) is 11.8 Å². The molecule has 0 radical (unpaired) electrons. The zero-order chi connectivity index (χ0) is 17.9. The van der Waals surface area contributed by atoms with E-state index in [1.54, 1.807) is 6.07 Å². The number of fused-ring (bicyclic) bond motifs is 1. The molecule has 0 unspecified atom stereocenters. The number of carbonyl (C=O) groups excluding carboxylic acids is 2. The van der Waals surface area contributed by atoms with Gasteiger partial charge in [0.15, 0.2) is 0 Å². The number of Topliss-reactive ketones (excluding diaryl/α,β-unsaturated/α-hetero) is 1. The molecule has 128 valence electrons. The highest BCUT2D eigenvalue weighted by Crippen LogP contribution is 2.34. The van der Waals surface area contributed by atoms with Gasteiger partial charge in [-0.25, -0.2) is 0 Å². The van der Waals surface area contributed by atoms with Crippen LogP contribution in [0.4, 0.5) is 11.4 Å². The molecule has 8 nitrogen and oxygen atoms in total. The number of non-ortho nitro benzene ring substituents is 1. The van der Waals surface area contributed by atoms with Crippen molar-refractivity contribution in [3.63, 3.8) is 0 Å². The second kappa shape index (κ2) is 7.12. The summed E-state index contributed by atoms with van der Waals surface area (Å²) in [6.07, 6.45) is 1.75. The van der Waals surface area contributed by atoms with Crippen molar-refractivity contribution in [2.24, 2.45) is 5.73 Å². The first kappa shape index (κ1) is 17.5. The summed E-state index contributed by atoms with van der Waals surface area (Å²) in [7, 11) is 0. The Morgan fingerprint density at radius 1 is 1.38 bits per heavy atom. The maximum absolute atomic E-state index is 11.6. The van der Waals surface area contributed by atoms with E-state index in [9.17, 15) is 24.8 Å². The van der Waals surface area contributed by atoms with E-state index >= 15 is 0 Å². The van der Waals surface area contributed by atoms with Crippen LogP contribution in [0.2, 0.25) is 0 Å². The lowest BCUT2D eigenvalue weighted by Gasteiger charge is -2.31. The van der Waals surface area contributed by atoms with Gasteiger partial charge in [0, 0.05) is 37.2 Å². The van der Waals surface area contributed by atoms with Crippen LogP contribution in [0, 0.1) is 10.1 Å². The molecule has 0 bridgehead atoms. The molecule has 8 heteroatoms. The number of rotatable bonds is 7. The van der Waals surface area contributed by atoms with Crippen LogP contribution in [0.25, 0.3) is 0 Å². The summed E-state index contributed by atoms with van der Waals surface area (Å²) in [5.41, 5.74) is 6.40. The van der Waals surface area contributed by atoms with Gasteiger partial charge in [0.05, 0.1) is 10.5 Å². The van der Waals surface area contributed by atoms with Crippen LogP contribution < -0.4 is 10.6 Å². The van der Waals surface area contributed by atoms with Crippen LogP contribution in [-0.2, 0) is 16.0 Å². The fourth-order valence-electron chi connectivity index (χ4n) is 2.70. The number of ketones is 1. The number of benzene rings is 1. The Hall–Kier alpha value is -2.90. The number of aliphatic hydroxyl groups is 1. The SMILES string of the molecule is CC(=O)CCCCN1C(O)=C(C(N)=O)Cc2cc([N+](=O)[O-])ccc21. The van der Waals surface area contributed by atoms with E-state index < -0.39 is 10.8 Å². The summed E-state index contributed by atoms with van der Waals surface area (Å²) in [4.78, 5) is 34.5. The number of carbonyl (C=O) groups is 2. The predicted octanol–water partition coefficient (Wildman–Crippen LogP) is 1.97. The number of primary amides is 1. The summed E-state index contributed by atoms with van der Waals surface area (Å²) >= 11 is 0.